The molecular weight excluding hydrogens is 281 g/mol. The highest BCUT2D eigenvalue weighted by Gasteiger charge is 2.20. The number of hydrogen-bond donors (Lipinski definition) is 2. The molecule has 0 saturated carbocycles. The average Bonchev–Trinajstić information content (AvgIpc) is 2.45. The van der Waals surface area contributed by atoms with Crippen molar-refractivity contribution < 1.29 is 9.46 Å². The lowest BCUT2D eigenvalue weighted by Gasteiger charge is -2.18. The van der Waals surface area contributed by atoms with E-state index in [0.29, 0.717) is 6.42 Å². The van der Waals surface area contributed by atoms with Crippen LogP contribution in [0.5, 0.6) is 0 Å². The van der Waals surface area contributed by atoms with Crippen LogP contribution in [0.15, 0.2) is 42.5 Å². The summed E-state index contributed by atoms with van der Waals surface area (Å²) in [6.07, 6.45) is 2.82. The van der Waals surface area contributed by atoms with E-state index < -0.39 is 7.52 Å². The molecule has 2 unspecified atom stereocenters. The van der Waals surface area contributed by atoms with Crippen molar-refractivity contribution >= 4 is 18.3 Å². The number of aryl methyl sites for hydroxylation is 1. The van der Waals surface area contributed by atoms with E-state index in [4.69, 9.17) is 0 Å². The predicted molar refractivity (Wildman–Crippen MR) is 89.9 cm³/mol. The van der Waals surface area contributed by atoms with Gasteiger partial charge in [-0.1, -0.05) is 55.8 Å². The molecule has 3 nitrogen and oxygen atoms in total. The van der Waals surface area contributed by atoms with Crippen LogP contribution >= 0.6 is 7.52 Å². The van der Waals surface area contributed by atoms with Gasteiger partial charge in [-0.2, -0.15) is 0 Å². The molecule has 0 spiro atoms. The van der Waals surface area contributed by atoms with Gasteiger partial charge in [0.25, 0.3) is 7.52 Å². The normalized spacial score (nSPS) is 15.8. The molecule has 0 amide bonds. The first kappa shape index (κ1) is 16.2. The minimum Gasteiger partial charge on any atom is -0.333 e. The largest absolute Gasteiger partial charge is 0.333 e. The van der Waals surface area contributed by atoms with Crippen LogP contribution in [0.2, 0.25) is 0 Å². The lowest BCUT2D eigenvalue weighted by molar-refractivity contribution is 0.445. The van der Waals surface area contributed by atoms with Gasteiger partial charge in [-0.15, -0.1) is 0 Å². The van der Waals surface area contributed by atoms with Crippen LogP contribution in [0.25, 0.3) is 10.8 Å². The molecule has 0 saturated heterocycles. The third kappa shape index (κ3) is 4.96. The molecule has 2 atom stereocenters. The van der Waals surface area contributed by atoms with Crippen LogP contribution in [0, 0.1) is 0 Å². The van der Waals surface area contributed by atoms with E-state index in [2.05, 4.69) is 36.3 Å². The van der Waals surface area contributed by atoms with Crippen molar-refractivity contribution in [3.8, 4) is 0 Å². The number of hydrogen-bond acceptors (Lipinski definition) is 1. The van der Waals surface area contributed by atoms with Gasteiger partial charge in [0.15, 0.2) is 0 Å². The summed E-state index contributed by atoms with van der Waals surface area (Å²) in [5.74, 6) is 0. The molecule has 114 valence electrons. The van der Waals surface area contributed by atoms with Crippen molar-refractivity contribution in [3.05, 3.63) is 48.0 Å². The molecule has 0 fully saturated rings. The SMILES string of the molecule is CCCC(C)NP(=O)(O)CCc1ccc2ccccc2c1. The van der Waals surface area contributed by atoms with Crippen LogP contribution in [-0.2, 0) is 11.0 Å². The minimum atomic E-state index is -3.25. The molecule has 0 aliphatic carbocycles. The maximum absolute atomic E-state index is 12.2. The van der Waals surface area contributed by atoms with E-state index in [0.717, 1.165) is 18.4 Å². The van der Waals surface area contributed by atoms with Gasteiger partial charge in [0.1, 0.15) is 0 Å². The van der Waals surface area contributed by atoms with Crippen LogP contribution in [-0.4, -0.2) is 17.1 Å². The molecule has 0 aromatic heterocycles. The summed E-state index contributed by atoms with van der Waals surface area (Å²) < 4.78 is 12.2. The lowest BCUT2D eigenvalue weighted by atomic mass is 10.1. The fourth-order valence-electron chi connectivity index (χ4n) is 2.58. The van der Waals surface area contributed by atoms with E-state index in [-0.39, 0.29) is 12.2 Å². The first-order chi connectivity index (χ1) is 10.00. The molecule has 4 heteroatoms. The van der Waals surface area contributed by atoms with E-state index in [1.807, 2.05) is 25.1 Å². The molecule has 0 aliphatic rings. The quantitative estimate of drug-likeness (QED) is 0.748. The summed E-state index contributed by atoms with van der Waals surface area (Å²) in [7, 11) is -3.25. The Balaban J connectivity index is 1.98. The molecule has 0 bridgehead atoms. The summed E-state index contributed by atoms with van der Waals surface area (Å²) in [4.78, 5) is 10.0. The van der Waals surface area contributed by atoms with Crippen molar-refractivity contribution in [1.29, 1.82) is 0 Å². The Kier molecular flexibility index (Phi) is 5.58. The highest BCUT2D eigenvalue weighted by atomic mass is 31.2. The molecule has 2 N–H and O–H groups in total. The third-order valence-corrected chi connectivity index (χ3v) is 5.34. The number of fused-ring (bicyclic) bond motifs is 1. The van der Waals surface area contributed by atoms with Gasteiger partial charge in [0.05, 0.1) is 0 Å². The van der Waals surface area contributed by atoms with Gasteiger partial charge >= 0.3 is 0 Å². The van der Waals surface area contributed by atoms with Crippen LogP contribution in [0.1, 0.15) is 32.3 Å². The molecular formula is C17H24NO2P. The minimum absolute atomic E-state index is 0.0856. The maximum atomic E-state index is 12.2. The zero-order chi connectivity index (χ0) is 15.3. The van der Waals surface area contributed by atoms with Gasteiger partial charge in [0.2, 0.25) is 0 Å². The molecule has 0 aliphatic heterocycles. The topological polar surface area (TPSA) is 49.3 Å². The summed E-state index contributed by atoms with van der Waals surface area (Å²) in [6.45, 7) is 4.04. The van der Waals surface area contributed by atoms with Crippen molar-refractivity contribution in [3.63, 3.8) is 0 Å². The Morgan fingerprint density at radius 1 is 1.19 bits per heavy atom. The zero-order valence-electron chi connectivity index (χ0n) is 12.7. The smallest absolute Gasteiger partial charge is 0.267 e. The van der Waals surface area contributed by atoms with Gasteiger partial charge in [-0.25, -0.2) is 5.09 Å². The molecule has 0 heterocycles. The maximum Gasteiger partial charge on any atom is 0.267 e. The van der Waals surface area contributed by atoms with Gasteiger partial charge in [0, 0.05) is 12.2 Å². The van der Waals surface area contributed by atoms with Crippen molar-refractivity contribution in [2.75, 3.05) is 6.16 Å². The van der Waals surface area contributed by atoms with Crippen molar-refractivity contribution in [2.45, 2.75) is 39.2 Å². The molecule has 21 heavy (non-hydrogen) atoms. The first-order valence-electron chi connectivity index (χ1n) is 7.57. The Bertz CT molecular complexity index is 641. The van der Waals surface area contributed by atoms with E-state index in [1.165, 1.54) is 10.8 Å². The second kappa shape index (κ2) is 7.22. The van der Waals surface area contributed by atoms with E-state index in [1.54, 1.807) is 0 Å². The second-order valence-corrected chi connectivity index (χ2v) is 7.78. The van der Waals surface area contributed by atoms with Crippen molar-refractivity contribution in [2.24, 2.45) is 0 Å². The molecule has 2 aromatic rings. The predicted octanol–water partition coefficient (Wildman–Crippen LogP) is 4.35. The summed E-state index contributed by atoms with van der Waals surface area (Å²) in [5, 5.41) is 5.25. The summed E-state index contributed by atoms with van der Waals surface area (Å²) in [5.41, 5.74) is 1.10. The standard InChI is InChI=1S/C17H24NO2P/c1-3-6-14(2)18-21(19,20)12-11-15-9-10-16-7-4-5-8-17(16)13-15/h4-5,7-10,13-14H,3,6,11-12H2,1-2H3,(H2,18,19,20). The van der Waals surface area contributed by atoms with Crippen LogP contribution in [0.3, 0.4) is 0 Å². The Hall–Kier alpha value is -1.15. The monoisotopic (exact) mass is 305 g/mol. The van der Waals surface area contributed by atoms with Crippen LogP contribution < -0.4 is 5.09 Å². The van der Waals surface area contributed by atoms with Gasteiger partial charge in [-0.05, 0) is 36.1 Å². The number of nitrogens with one attached hydrogen (secondary N) is 1. The number of rotatable bonds is 7. The first-order valence-corrected chi connectivity index (χ1v) is 9.42. The Labute approximate surface area is 126 Å². The van der Waals surface area contributed by atoms with Crippen LogP contribution in [0.4, 0.5) is 0 Å². The van der Waals surface area contributed by atoms with E-state index >= 15 is 0 Å². The molecule has 0 radical (unpaired) electrons. The highest BCUT2D eigenvalue weighted by Crippen LogP contribution is 2.37. The van der Waals surface area contributed by atoms with Gasteiger partial charge in [-0.3, -0.25) is 4.57 Å². The average molecular weight is 305 g/mol. The molecule has 2 aromatic carbocycles. The molecule has 2 rings (SSSR count). The summed E-state index contributed by atoms with van der Waals surface area (Å²) >= 11 is 0. The second-order valence-electron chi connectivity index (χ2n) is 5.68. The Morgan fingerprint density at radius 3 is 2.62 bits per heavy atom. The third-order valence-electron chi connectivity index (χ3n) is 3.66. The van der Waals surface area contributed by atoms with E-state index in [9.17, 15) is 9.46 Å². The number of benzene rings is 2. The van der Waals surface area contributed by atoms with Gasteiger partial charge < -0.3 is 4.89 Å². The fraction of sp³-hybridized carbons (Fsp3) is 0.412. The zero-order valence-corrected chi connectivity index (χ0v) is 13.6. The van der Waals surface area contributed by atoms with Crippen molar-refractivity contribution in [1.82, 2.24) is 5.09 Å². The highest BCUT2D eigenvalue weighted by molar-refractivity contribution is 7.55. The lowest BCUT2D eigenvalue weighted by Crippen LogP contribution is -2.24. The Morgan fingerprint density at radius 2 is 1.90 bits per heavy atom. The summed E-state index contributed by atoms with van der Waals surface area (Å²) in [6, 6.07) is 14.5. The fourth-order valence-corrected chi connectivity index (χ4v) is 4.09.